The Labute approximate surface area is 149 Å². The molecule has 0 aliphatic heterocycles. The van der Waals surface area contributed by atoms with Crippen LogP contribution in [0.5, 0.6) is 0 Å². The maximum atomic E-state index is 13.9. The third-order valence-corrected chi connectivity index (χ3v) is 4.11. The van der Waals surface area contributed by atoms with E-state index in [1.165, 1.54) is 30.3 Å². The molecule has 2 N–H and O–H groups in total. The van der Waals surface area contributed by atoms with Crippen molar-refractivity contribution in [2.24, 2.45) is 5.92 Å². The van der Waals surface area contributed by atoms with Gasteiger partial charge in [0.2, 0.25) is 5.91 Å². The molecule has 2 atom stereocenters. The van der Waals surface area contributed by atoms with Gasteiger partial charge in [-0.25, -0.2) is 13.9 Å². The monoisotopic (exact) mass is 361 g/mol. The summed E-state index contributed by atoms with van der Waals surface area (Å²) in [7, 11) is 0. The standard InChI is InChI=1S/C18H20FN3O4/c1-3-11(2)17(18(25)26)20-15(23)10-22-16(24)9-8-14(21-22)12-6-4-5-7-13(12)19/h4-9,11,17H,3,10H2,1-2H3,(H,20,23)(H,25,26)/t11-,17+/m0/s1. The minimum atomic E-state index is -1.15. The van der Waals surface area contributed by atoms with Gasteiger partial charge >= 0.3 is 5.97 Å². The number of amides is 1. The third-order valence-electron chi connectivity index (χ3n) is 4.11. The number of benzene rings is 1. The van der Waals surface area contributed by atoms with Gasteiger partial charge in [0.1, 0.15) is 18.4 Å². The fourth-order valence-corrected chi connectivity index (χ4v) is 2.41. The average molecular weight is 361 g/mol. The molecule has 26 heavy (non-hydrogen) atoms. The van der Waals surface area contributed by atoms with E-state index in [0.29, 0.717) is 6.42 Å². The van der Waals surface area contributed by atoms with Gasteiger partial charge in [0.05, 0.1) is 5.69 Å². The molecule has 1 aromatic carbocycles. The van der Waals surface area contributed by atoms with Crippen LogP contribution in [0.1, 0.15) is 20.3 Å². The molecule has 0 aliphatic carbocycles. The van der Waals surface area contributed by atoms with E-state index in [2.05, 4.69) is 10.4 Å². The molecular weight excluding hydrogens is 341 g/mol. The Bertz CT molecular complexity index is 866. The lowest BCUT2D eigenvalue weighted by atomic mass is 9.99. The minimum Gasteiger partial charge on any atom is -0.480 e. The van der Waals surface area contributed by atoms with E-state index in [1.54, 1.807) is 13.0 Å². The quantitative estimate of drug-likeness (QED) is 0.781. The van der Waals surface area contributed by atoms with Gasteiger partial charge in [0.25, 0.3) is 5.56 Å². The molecule has 1 amide bonds. The lowest BCUT2D eigenvalue weighted by Crippen LogP contribution is -2.47. The van der Waals surface area contributed by atoms with Gasteiger partial charge in [-0.05, 0) is 24.1 Å². The van der Waals surface area contributed by atoms with Gasteiger partial charge in [0.15, 0.2) is 0 Å². The zero-order valence-corrected chi connectivity index (χ0v) is 14.5. The van der Waals surface area contributed by atoms with E-state index >= 15 is 0 Å². The Morgan fingerprint density at radius 3 is 2.58 bits per heavy atom. The zero-order chi connectivity index (χ0) is 19.3. The van der Waals surface area contributed by atoms with Gasteiger partial charge in [0, 0.05) is 11.6 Å². The van der Waals surface area contributed by atoms with Crippen LogP contribution >= 0.6 is 0 Å². The van der Waals surface area contributed by atoms with Crippen molar-refractivity contribution in [1.29, 1.82) is 0 Å². The van der Waals surface area contributed by atoms with Gasteiger partial charge in [-0.15, -0.1) is 0 Å². The predicted molar refractivity (Wildman–Crippen MR) is 92.9 cm³/mol. The number of carboxylic acids is 1. The molecule has 8 heteroatoms. The van der Waals surface area contributed by atoms with Crippen LogP contribution in [0.25, 0.3) is 11.3 Å². The maximum Gasteiger partial charge on any atom is 0.326 e. The highest BCUT2D eigenvalue weighted by molar-refractivity contribution is 5.83. The van der Waals surface area contributed by atoms with E-state index in [-0.39, 0.29) is 17.2 Å². The summed E-state index contributed by atoms with van der Waals surface area (Å²) >= 11 is 0. The summed E-state index contributed by atoms with van der Waals surface area (Å²) in [4.78, 5) is 35.4. The number of nitrogens with zero attached hydrogens (tertiary/aromatic N) is 2. The van der Waals surface area contributed by atoms with Crippen molar-refractivity contribution in [1.82, 2.24) is 15.1 Å². The van der Waals surface area contributed by atoms with E-state index in [4.69, 9.17) is 0 Å². The Hall–Kier alpha value is -3.03. The molecular formula is C18H20FN3O4. The molecule has 2 aromatic rings. The van der Waals surface area contributed by atoms with Crippen LogP contribution in [-0.4, -0.2) is 32.8 Å². The summed E-state index contributed by atoms with van der Waals surface area (Å²) in [5.74, 6) is -2.57. The average Bonchev–Trinajstić information content (AvgIpc) is 2.61. The van der Waals surface area contributed by atoms with Crippen LogP contribution in [0, 0.1) is 11.7 Å². The van der Waals surface area contributed by atoms with Gasteiger partial charge in [-0.2, -0.15) is 5.10 Å². The third kappa shape index (κ3) is 4.53. The Balaban J connectivity index is 2.22. The Kier molecular flexibility index (Phi) is 6.21. The smallest absolute Gasteiger partial charge is 0.326 e. The largest absolute Gasteiger partial charge is 0.480 e. The predicted octanol–water partition coefficient (Wildman–Crippen LogP) is 1.66. The summed E-state index contributed by atoms with van der Waals surface area (Å²) in [6.07, 6.45) is 0.568. The van der Waals surface area contributed by atoms with Crippen LogP contribution in [0.3, 0.4) is 0 Å². The molecule has 1 heterocycles. The second-order valence-corrected chi connectivity index (χ2v) is 5.96. The van der Waals surface area contributed by atoms with Gasteiger partial charge in [-0.3, -0.25) is 9.59 Å². The fourth-order valence-electron chi connectivity index (χ4n) is 2.41. The van der Waals surface area contributed by atoms with Crippen molar-refractivity contribution in [2.45, 2.75) is 32.9 Å². The van der Waals surface area contributed by atoms with E-state index in [9.17, 15) is 23.9 Å². The molecule has 7 nitrogen and oxygen atoms in total. The van der Waals surface area contributed by atoms with E-state index in [1.807, 2.05) is 6.92 Å². The number of aliphatic carboxylic acids is 1. The molecule has 0 aliphatic rings. The van der Waals surface area contributed by atoms with E-state index < -0.39 is 35.8 Å². The normalized spacial score (nSPS) is 13.0. The minimum absolute atomic E-state index is 0.199. The number of carbonyl (C=O) groups excluding carboxylic acids is 1. The number of nitrogens with one attached hydrogen (secondary N) is 1. The number of halogens is 1. The highest BCUT2D eigenvalue weighted by Crippen LogP contribution is 2.18. The topological polar surface area (TPSA) is 101 Å². The van der Waals surface area contributed by atoms with Crippen molar-refractivity contribution < 1.29 is 19.1 Å². The number of aromatic nitrogens is 2. The first-order chi connectivity index (χ1) is 12.3. The van der Waals surface area contributed by atoms with Crippen molar-refractivity contribution in [2.75, 3.05) is 0 Å². The molecule has 1 aromatic heterocycles. The molecule has 0 unspecified atom stereocenters. The van der Waals surface area contributed by atoms with Crippen molar-refractivity contribution in [3.05, 3.63) is 52.6 Å². The first-order valence-corrected chi connectivity index (χ1v) is 8.18. The van der Waals surface area contributed by atoms with Crippen molar-refractivity contribution in [3.8, 4) is 11.3 Å². The summed E-state index contributed by atoms with van der Waals surface area (Å²) in [6.45, 7) is 3.07. The maximum absolute atomic E-state index is 13.9. The molecule has 0 bridgehead atoms. The lowest BCUT2D eigenvalue weighted by Gasteiger charge is -2.20. The zero-order valence-electron chi connectivity index (χ0n) is 14.5. The molecule has 0 saturated carbocycles. The molecule has 0 radical (unpaired) electrons. The van der Waals surface area contributed by atoms with Crippen LogP contribution in [0.15, 0.2) is 41.2 Å². The second-order valence-electron chi connectivity index (χ2n) is 5.96. The summed E-state index contributed by atoms with van der Waals surface area (Å²) in [6, 6.07) is 7.44. The Morgan fingerprint density at radius 1 is 1.27 bits per heavy atom. The van der Waals surface area contributed by atoms with Crippen molar-refractivity contribution >= 4 is 11.9 Å². The van der Waals surface area contributed by atoms with Gasteiger partial charge in [-0.1, -0.05) is 32.4 Å². The first-order valence-electron chi connectivity index (χ1n) is 8.18. The molecule has 0 spiro atoms. The molecule has 2 rings (SSSR count). The highest BCUT2D eigenvalue weighted by atomic mass is 19.1. The van der Waals surface area contributed by atoms with Crippen LogP contribution in [0.2, 0.25) is 0 Å². The summed E-state index contributed by atoms with van der Waals surface area (Å²) in [5.41, 5.74) is -0.146. The first kappa shape index (κ1) is 19.3. The number of carboxylic acid groups (broad SMARTS) is 1. The van der Waals surface area contributed by atoms with Gasteiger partial charge < -0.3 is 10.4 Å². The molecule has 138 valence electrons. The highest BCUT2D eigenvalue weighted by Gasteiger charge is 2.25. The van der Waals surface area contributed by atoms with Crippen molar-refractivity contribution in [3.63, 3.8) is 0 Å². The fraction of sp³-hybridized carbons (Fsp3) is 0.333. The van der Waals surface area contributed by atoms with Crippen LogP contribution in [-0.2, 0) is 16.1 Å². The lowest BCUT2D eigenvalue weighted by molar-refractivity contribution is -0.143. The van der Waals surface area contributed by atoms with E-state index in [0.717, 1.165) is 4.68 Å². The molecule has 0 fully saturated rings. The SMILES string of the molecule is CC[C@H](C)[C@@H](NC(=O)Cn1nc(-c2ccccc2F)ccc1=O)C(=O)O. The number of hydrogen-bond donors (Lipinski definition) is 2. The Morgan fingerprint density at radius 2 is 1.96 bits per heavy atom. The summed E-state index contributed by atoms with van der Waals surface area (Å²) < 4.78 is 14.8. The second kappa shape index (κ2) is 8.37. The van der Waals surface area contributed by atoms with Crippen LogP contribution < -0.4 is 10.9 Å². The number of hydrogen-bond acceptors (Lipinski definition) is 4. The number of carbonyl (C=O) groups is 2. The molecule has 0 saturated heterocycles. The van der Waals surface area contributed by atoms with Crippen LogP contribution in [0.4, 0.5) is 4.39 Å². The summed E-state index contributed by atoms with van der Waals surface area (Å²) in [5, 5.41) is 15.6. The number of rotatable bonds is 7.